The summed E-state index contributed by atoms with van der Waals surface area (Å²) < 4.78 is 23.2. The minimum Gasteiger partial charge on any atom is -0.491 e. The molecule has 0 aliphatic heterocycles. The van der Waals surface area contributed by atoms with Crippen LogP contribution in [-0.4, -0.2) is 62.1 Å². The van der Waals surface area contributed by atoms with E-state index in [-0.39, 0.29) is 26.4 Å². The zero-order valence-corrected chi connectivity index (χ0v) is 24.2. The molecule has 0 saturated heterocycles. The lowest BCUT2D eigenvalue weighted by Crippen LogP contribution is -2.25. The van der Waals surface area contributed by atoms with Gasteiger partial charge in [0.25, 0.3) is 0 Å². The van der Waals surface area contributed by atoms with Gasteiger partial charge in [0.05, 0.1) is 13.2 Å². The number of rotatable bonds is 22. The zero-order valence-electron chi connectivity index (χ0n) is 24.2. The highest BCUT2D eigenvalue weighted by Crippen LogP contribution is 2.25. The van der Waals surface area contributed by atoms with Crippen molar-refractivity contribution in [1.29, 1.82) is 0 Å². The average Bonchev–Trinajstić information content (AvgIpc) is 2.94. The second-order valence-electron chi connectivity index (χ2n) is 10.5. The summed E-state index contributed by atoms with van der Waals surface area (Å²) in [6.45, 7) is 11.1. The van der Waals surface area contributed by atoms with Crippen LogP contribution in [0.4, 0.5) is 0 Å². The first-order valence-electron chi connectivity index (χ1n) is 14.8. The fraction of sp³-hybridized carbons (Fsp3) is 0.688. The van der Waals surface area contributed by atoms with Crippen LogP contribution in [0, 0.1) is 11.8 Å². The van der Waals surface area contributed by atoms with E-state index in [0.29, 0.717) is 36.5 Å². The molecule has 0 spiro atoms. The van der Waals surface area contributed by atoms with Gasteiger partial charge in [-0.15, -0.1) is 0 Å². The lowest BCUT2D eigenvalue weighted by molar-refractivity contribution is -0.00113. The quantitative estimate of drug-likeness (QED) is 0.174. The van der Waals surface area contributed by atoms with E-state index in [2.05, 4.69) is 27.7 Å². The molecular weight excluding hydrogens is 480 g/mol. The fourth-order valence-electron chi connectivity index (χ4n) is 4.40. The Labute approximate surface area is 230 Å². The number of hydrogen-bond acceptors (Lipinski definition) is 6. The third-order valence-electron chi connectivity index (χ3n) is 7.08. The summed E-state index contributed by atoms with van der Waals surface area (Å²) in [6, 6.07) is 11.7. The van der Waals surface area contributed by atoms with E-state index in [1.807, 2.05) is 36.4 Å². The largest absolute Gasteiger partial charge is 0.491 e. The van der Waals surface area contributed by atoms with Crippen molar-refractivity contribution in [2.75, 3.05) is 39.6 Å². The zero-order chi connectivity index (χ0) is 27.6. The first-order chi connectivity index (χ1) is 18.5. The van der Waals surface area contributed by atoms with Crippen molar-refractivity contribution in [2.45, 2.75) is 91.3 Å². The fourth-order valence-corrected chi connectivity index (χ4v) is 4.40. The van der Waals surface area contributed by atoms with Crippen molar-refractivity contribution in [1.82, 2.24) is 0 Å². The Morgan fingerprint density at radius 2 is 1.03 bits per heavy atom. The standard InChI is InChI=1S/C32H52O6/c1-5-9-11-25(7-3)19-35-21-29(33)23-37-31-15-13-27-14-16-32(18-28(27)17-31)38-24-30(34)22-36-20-26(8-4)12-10-6-2/h13-18,25-26,29-30,33-34H,5-12,19-24H2,1-4H3. The highest BCUT2D eigenvalue weighted by molar-refractivity contribution is 5.85. The minimum atomic E-state index is -0.674. The van der Waals surface area contributed by atoms with Gasteiger partial charge in [-0.3, -0.25) is 0 Å². The number of aliphatic hydroxyl groups is 2. The van der Waals surface area contributed by atoms with Gasteiger partial charge in [-0.2, -0.15) is 0 Å². The Morgan fingerprint density at radius 1 is 0.579 bits per heavy atom. The Bertz CT molecular complexity index is 805. The van der Waals surface area contributed by atoms with Gasteiger partial charge in [0.2, 0.25) is 0 Å². The van der Waals surface area contributed by atoms with E-state index < -0.39 is 12.2 Å². The van der Waals surface area contributed by atoms with Gasteiger partial charge in [0, 0.05) is 13.2 Å². The molecule has 0 bridgehead atoms. The second-order valence-corrected chi connectivity index (χ2v) is 10.5. The van der Waals surface area contributed by atoms with Crippen LogP contribution in [0.2, 0.25) is 0 Å². The molecule has 2 aromatic carbocycles. The van der Waals surface area contributed by atoms with E-state index in [1.54, 1.807) is 0 Å². The SMILES string of the molecule is CCCCC(CC)COCC(O)COc1ccc2ccc(OCC(O)COCC(CC)CCCC)cc2c1. The Balaban J connectivity index is 1.76. The number of ether oxygens (including phenoxy) is 4. The van der Waals surface area contributed by atoms with Gasteiger partial charge in [0.15, 0.2) is 0 Å². The Kier molecular flexibility index (Phi) is 16.4. The predicted octanol–water partition coefficient (Wildman–Crippen LogP) is 6.79. The lowest BCUT2D eigenvalue weighted by Gasteiger charge is -2.18. The van der Waals surface area contributed by atoms with Gasteiger partial charge in [-0.05, 0) is 59.7 Å². The number of benzene rings is 2. The van der Waals surface area contributed by atoms with Crippen LogP contribution in [0.5, 0.6) is 11.5 Å². The normalized spacial score (nSPS) is 14.8. The summed E-state index contributed by atoms with van der Waals surface area (Å²) in [5.41, 5.74) is 0. The topological polar surface area (TPSA) is 77.4 Å². The summed E-state index contributed by atoms with van der Waals surface area (Å²) in [5, 5.41) is 22.6. The Hall–Kier alpha value is -1.86. The molecule has 6 nitrogen and oxygen atoms in total. The van der Waals surface area contributed by atoms with Gasteiger partial charge in [0.1, 0.15) is 36.9 Å². The van der Waals surface area contributed by atoms with Crippen molar-refractivity contribution in [3.05, 3.63) is 36.4 Å². The first-order valence-corrected chi connectivity index (χ1v) is 14.8. The molecule has 2 rings (SSSR count). The van der Waals surface area contributed by atoms with Crippen molar-refractivity contribution < 1.29 is 29.2 Å². The van der Waals surface area contributed by atoms with Crippen LogP contribution in [0.1, 0.15) is 79.1 Å². The van der Waals surface area contributed by atoms with Crippen molar-refractivity contribution in [2.24, 2.45) is 11.8 Å². The lowest BCUT2D eigenvalue weighted by atomic mass is 10.0. The van der Waals surface area contributed by atoms with E-state index in [1.165, 1.54) is 38.5 Å². The van der Waals surface area contributed by atoms with Crippen LogP contribution in [0.25, 0.3) is 10.8 Å². The molecule has 0 aliphatic rings. The van der Waals surface area contributed by atoms with E-state index >= 15 is 0 Å². The van der Waals surface area contributed by atoms with Gasteiger partial charge in [-0.1, -0.05) is 78.4 Å². The summed E-state index contributed by atoms with van der Waals surface area (Å²) in [6.07, 6.45) is 8.03. The minimum absolute atomic E-state index is 0.178. The van der Waals surface area contributed by atoms with Crippen molar-refractivity contribution in [3.63, 3.8) is 0 Å². The highest BCUT2D eigenvalue weighted by atomic mass is 16.5. The number of unbranched alkanes of at least 4 members (excludes halogenated alkanes) is 2. The molecule has 0 fully saturated rings. The molecule has 38 heavy (non-hydrogen) atoms. The molecular formula is C32H52O6. The molecule has 0 radical (unpaired) electrons. The first kappa shape index (κ1) is 32.4. The van der Waals surface area contributed by atoms with Crippen LogP contribution >= 0.6 is 0 Å². The van der Waals surface area contributed by atoms with Crippen molar-refractivity contribution in [3.8, 4) is 11.5 Å². The second kappa shape index (κ2) is 19.2. The smallest absolute Gasteiger partial charge is 0.120 e. The number of aliphatic hydroxyl groups excluding tert-OH is 2. The van der Waals surface area contributed by atoms with Gasteiger partial charge in [-0.25, -0.2) is 0 Å². The third-order valence-corrected chi connectivity index (χ3v) is 7.08. The maximum atomic E-state index is 10.3. The molecule has 2 aromatic rings. The molecule has 0 heterocycles. The summed E-state index contributed by atoms with van der Waals surface area (Å²) >= 11 is 0. The molecule has 6 heteroatoms. The molecule has 216 valence electrons. The molecule has 0 amide bonds. The van der Waals surface area contributed by atoms with Crippen LogP contribution in [0.15, 0.2) is 36.4 Å². The summed E-state index contributed by atoms with van der Waals surface area (Å²) in [4.78, 5) is 0. The molecule has 4 unspecified atom stereocenters. The molecule has 4 atom stereocenters. The highest BCUT2D eigenvalue weighted by Gasteiger charge is 2.12. The van der Waals surface area contributed by atoms with E-state index in [0.717, 1.165) is 23.6 Å². The summed E-state index contributed by atoms with van der Waals surface area (Å²) in [5.74, 6) is 2.48. The maximum Gasteiger partial charge on any atom is 0.120 e. The number of hydrogen-bond donors (Lipinski definition) is 2. The van der Waals surface area contributed by atoms with E-state index in [9.17, 15) is 10.2 Å². The van der Waals surface area contributed by atoms with Crippen LogP contribution in [0.3, 0.4) is 0 Å². The average molecular weight is 533 g/mol. The molecule has 2 N–H and O–H groups in total. The Morgan fingerprint density at radius 3 is 1.42 bits per heavy atom. The molecule has 0 saturated carbocycles. The predicted molar refractivity (Wildman–Crippen MR) is 155 cm³/mol. The van der Waals surface area contributed by atoms with Crippen LogP contribution in [-0.2, 0) is 9.47 Å². The van der Waals surface area contributed by atoms with Gasteiger partial charge < -0.3 is 29.2 Å². The third kappa shape index (κ3) is 12.8. The van der Waals surface area contributed by atoms with Crippen molar-refractivity contribution >= 4 is 10.8 Å². The maximum absolute atomic E-state index is 10.3. The number of fused-ring (bicyclic) bond motifs is 1. The van der Waals surface area contributed by atoms with Gasteiger partial charge >= 0.3 is 0 Å². The molecule has 0 aliphatic carbocycles. The monoisotopic (exact) mass is 532 g/mol. The molecule has 0 aromatic heterocycles. The van der Waals surface area contributed by atoms with Crippen LogP contribution < -0.4 is 9.47 Å². The van der Waals surface area contributed by atoms with E-state index in [4.69, 9.17) is 18.9 Å². The summed E-state index contributed by atoms with van der Waals surface area (Å²) in [7, 11) is 0.